The van der Waals surface area contributed by atoms with Crippen molar-refractivity contribution < 1.29 is 9.47 Å². The number of benzene rings is 1. The van der Waals surface area contributed by atoms with Crippen LogP contribution in [0.25, 0.3) is 0 Å². The average Bonchev–Trinajstić information content (AvgIpc) is 3.52. The van der Waals surface area contributed by atoms with Gasteiger partial charge in [-0.05, 0) is 36.5 Å². The molecule has 28 heavy (non-hydrogen) atoms. The topological polar surface area (TPSA) is 49.3 Å². The van der Waals surface area contributed by atoms with Gasteiger partial charge in [0, 0.05) is 57.0 Å². The number of anilines is 1. The molecule has 1 N–H and O–H groups in total. The van der Waals surface area contributed by atoms with Gasteiger partial charge in [0.05, 0.1) is 19.8 Å². The predicted molar refractivity (Wildman–Crippen MR) is 129 cm³/mol. The number of morpholine rings is 1. The van der Waals surface area contributed by atoms with Crippen molar-refractivity contribution in [2.24, 2.45) is 10.9 Å². The minimum Gasteiger partial charge on any atom is -0.379 e. The second-order valence-corrected chi connectivity index (χ2v) is 8.13. The first-order chi connectivity index (χ1) is 13.2. The Labute approximate surface area is 194 Å². The Morgan fingerprint density at radius 2 is 2.11 bits per heavy atom. The first-order valence-electron chi connectivity index (χ1n) is 9.78. The molecule has 0 unspecified atom stereocenters. The van der Waals surface area contributed by atoms with Gasteiger partial charge >= 0.3 is 0 Å². The van der Waals surface area contributed by atoms with Gasteiger partial charge in [0.15, 0.2) is 5.96 Å². The van der Waals surface area contributed by atoms with E-state index in [9.17, 15) is 0 Å². The summed E-state index contributed by atoms with van der Waals surface area (Å²) in [6, 6.07) is 6.47. The maximum absolute atomic E-state index is 5.75. The Bertz CT molecular complexity index is 637. The summed E-state index contributed by atoms with van der Waals surface area (Å²) in [5, 5.41) is 3.49. The van der Waals surface area contributed by atoms with E-state index in [0.717, 1.165) is 69.0 Å². The smallest absolute Gasteiger partial charge is 0.193 e. The fourth-order valence-electron chi connectivity index (χ4n) is 3.19. The molecule has 2 fully saturated rings. The van der Waals surface area contributed by atoms with Gasteiger partial charge in [-0.2, -0.15) is 0 Å². The molecule has 3 rings (SSSR count). The fraction of sp³-hybridized carbons (Fsp3) is 0.650. The van der Waals surface area contributed by atoms with Gasteiger partial charge < -0.3 is 24.6 Å². The first kappa shape index (κ1) is 23.7. The molecule has 1 aromatic carbocycles. The molecule has 2 aliphatic rings. The second-order valence-electron chi connectivity index (χ2n) is 7.21. The van der Waals surface area contributed by atoms with Gasteiger partial charge in [-0.25, -0.2) is 0 Å². The number of likely N-dealkylation sites (N-methyl/N-ethyl adjacent to an activating group) is 1. The molecular weight excluding hydrogens is 535 g/mol. The van der Waals surface area contributed by atoms with Crippen molar-refractivity contribution >= 4 is 51.6 Å². The van der Waals surface area contributed by atoms with Gasteiger partial charge in [0.25, 0.3) is 0 Å². The zero-order chi connectivity index (χ0) is 19.1. The summed E-state index contributed by atoms with van der Waals surface area (Å²) in [5.41, 5.74) is 2.52. The lowest BCUT2D eigenvalue weighted by Gasteiger charge is -2.31. The summed E-state index contributed by atoms with van der Waals surface area (Å²) in [6.07, 6.45) is 2.66. The molecule has 6 nitrogen and oxygen atoms in total. The summed E-state index contributed by atoms with van der Waals surface area (Å²) in [7, 11) is 3.88. The van der Waals surface area contributed by atoms with E-state index in [1.807, 2.05) is 7.05 Å². The van der Waals surface area contributed by atoms with E-state index in [1.165, 1.54) is 24.1 Å². The Morgan fingerprint density at radius 3 is 2.79 bits per heavy atom. The van der Waals surface area contributed by atoms with Crippen LogP contribution >= 0.6 is 39.9 Å². The molecule has 1 heterocycles. The number of hydrogen-bond donors (Lipinski definition) is 1. The summed E-state index contributed by atoms with van der Waals surface area (Å²) in [6.45, 7) is 6.64. The molecule has 8 heteroatoms. The van der Waals surface area contributed by atoms with Gasteiger partial charge in [-0.1, -0.05) is 22.0 Å². The van der Waals surface area contributed by atoms with Gasteiger partial charge in [0.2, 0.25) is 0 Å². The van der Waals surface area contributed by atoms with Gasteiger partial charge in [-0.15, -0.1) is 24.0 Å². The van der Waals surface area contributed by atoms with Crippen LogP contribution in [0.5, 0.6) is 0 Å². The number of nitrogens with zero attached hydrogens (tertiary/aromatic N) is 3. The minimum atomic E-state index is 0. The van der Waals surface area contributed by atoms with Crippen molar-refractivity contribution in [1.82, 2.24) is 10.2 Å². The zero-order valence-corrected chi connectivity index (χ0v) is 20.7. The Balaban J connectivity index is 0.00000280. The number of rotatable bonds is 8. The molecule has 1 aromatic rings. The highest BCUT2D eigenvalue weighted by Gasteiger charge is 2.21. The molecule has 0 spiro atoms. The molecule has 1 aliphatic carbocycles. The number of aliphatic imine (C=N–C) groups is 1. The second kappa shape index (κ2) is 12.2. The Kier molecular flexibility index (Phi) is 10.3. The lowest BCUT2D eigenvalue weighted by Crippen LogP contribution is -2.41. The first-order valence-corrected chi connectivity index (χ1v) is 10.6. The molecule has 0 aromatic heterocycles. The molecule has 1 aliphatic heterocycles. The molecule has 0 radical (unpaired) electrons. The highest BCUT2D eigenvalue weighted by atomic mass is 127. The molecule has 1 saturated carbocycles. The van der Waals surface area contributed by atoms with E-state index in [4.69, 9.17) is 9.47 Å². The van der Waals surface area contributed by atoms with Crippen LogP contribution in [0.3, 0.4) is 0 Å². The molecule has 0 amide bonds. The van der Waals surface area contributed by atoms with E-state index in [0.29, 0.717) is 0 Å². The van der Waals surface area contributed by atoms with Crippen LogP contribution in [0, 0.1) is 5.92 Å². The largest absolute Gasteiger partial charge is 0.379 e. The van der Waals surface area contributed by atoms with E-state index in [1.54, 1.807) is 0 Å². The standard InChI is InChI=1S/C20H31BrN4O2.HI/c1-22-20(24(2)7-10-27-15-16-3-4-16)23-14-17-5-6-18(21)13-19(17)25-8-11-26-12-9-25;/h5-6,13,16H,3-4,7-12,14-15H2,1-2H3,(H,22,23);1H. The molecule has 0 atom stereocenters. The van der Waals surface area contributed by atoms with Gasteiger partial charge in [-0.3, -0.25) is 4.99 Å². The van der Waals surface area contributed by atoms with Crippen LogP contribution in [0.2, 0.25) is 0 Å². The number of hydrogen-bond acceptors (Lipinski definition) is 4. The van der Waals surface area contributed by atoms with Crippen LogP contribution in [0.15, 0.2) is 27.7 Å². The summed E-state index contributed by atoms with van der Waals surface area (Å²) in [5.74, 6) is 1.70. The number of guanidine groups is 1. The van der Waals surface area contributed by atoms with E-state index in [2.05, 4.69) is 61.3 Å². The van der Waals surface area contributed by atoms with Crippen LogP contribution < -0.4 is 10.2 Å². The third kappa shape index (κ3) is 7.35. The van der Waals surface area contributed by atoms with E-state index >= 15 is 0 Å². The van der Waals surface area contributed by atoms with Crippen molar-refractivity contribution in [1.29, 1.82) is 0 Å². The zero-order valence-electron chi connectivity index (χ0n) is 16.8. The van der Waals surface area contributed by atoms with Crippen molar-refractivity contribution in [3.05, 3.63) is 28.2 Å². The Morgan fingerprint density at radius 1 is 1.36 bits per heavy atom. The third-order valence-electron chi connectivity index (χ3n) is 5.03. The van der Waals surface area contributed by atoms with Crippen molar-refractivity contribution in [2.75, 3.05) is 65.1 Å². The highest BCUT2D eigenvalue weighted by Crippen LogP contribution is 2.28. The Hall–Kier alpha value is -0.580. The quantitative estimate of drug-likeness (QED) is 0.226. The third-order valence-corrected chi connectivity index (χ3v) is 5.52. The normalized spacial score (nSPS) is 17.2. The predicted octanol–water partition coefficient (Wildman–Crippen LogP) is 3.34. The molecule has 158 valence electrons. The molecule has 1 saturated heterocycles. The van der Waals surface area contributed by atoms with Crippen molar-refractivity contribution in [3.63, 3.8) is 0 Å². The number of ether oxygens (including phenoxy) is 2. The maximum Gasteiger partial charge on any atom is 0.193 e. The van der Waals surface area contributed by atoms with Crippen LogP contribution in [-0.2, 0) is 16.0 Å². The fourth-order valence-corrected chi connectivity index (χ4v) is 3.54. The van der Waals surface area contributed by atoms with Crippen LogP contribution in [0.1, 0.15) is 18.4 Å². The summed E-state index contributed by atoms with van der Waals surface area (Å²) < 4.78 is 12.3. The van der Waals surface area contributed by atoms with Gasteiger partial charge in [0.1, 0.15) is 0 Å². The lowest BCUT2D eigenvalue weighted by molar-refractivity contribution is 0.115. The summed E-state index contributed by atoms with van der Waals surface area (Å²) in [4.78, 5) is 8.94. The van der Waals surface area contributed by atoms with Crippen molar-refractivity contribution in [2.45, 2.75) is 19.4 Å². The summed E-state index contributed by atoms with van der Waals surface area (Å²) >= 11 is 3.61. The van der Waals surface area contributed by atoms with E-state index < -0.39 is 0 Å². The van der Waals surface area contributed by atoms with Crippen LogP contribution in [0.4, 0.5) is 5.69 Å². The highest BCUT2D eigenvalue weighted by molar-refractivity contribution is 14.0. The molecular formula is C20H32BrIN4O2. The average molecular weight is 567 g/mol. The molecule has 0 bridgehead atoms. The van der Waals surface area contributed by atoms with Crippen LogP contribution in [-0.4, -0.2) is 71.0 Å². The van der Waals surface area contributed by atoms with Crippen molar-refractivity contribution in [3.8, 4) is 0 Å². The SMILES string of the molecule is CN=C(NCc1ccc(Br)cc1N1CCOCC1)N(C)CCOCC1CC1.I. The lowest BCUT2D eigenvalue weighted by atomic mass is 10.1. The number of halogens is 2. The minimum absolute atomic E-state index is 0. The van der Waals surface area contributed by atoms with E-state index in [-0.39, 0.29) is 24.0 Å². The maximum atomic E-state index is 5.75. The monoisotopic (exact) mass is 566 g/mol. The number of nitrogens with one attached hydrogen (secondary N) is 1.